The molecule has 1 atom stereocenters. The van der Waals surface area contributed by atoms with Gasteiger partial charge in [-0.3, -0.25) is 4.31 Å². The van der Waals surface area contributed by atoms with Gasteiger partial charge in [0.25, 0.3) is 0 Å². The largest absolute Gasteiger partial charge is 0.356 e. The molecule has 134 valence electrons. The van der Waals surface area contributed by atoms with Crippen molar-refractivity contribution in [3.63, 3.8) is 0 Å². The fourth-order valence-corrected chi connectivity index (χ4v) is 2.96. The van der Waals surface area contributed by atoms with Crippen LogP contribution in [0.3, 0.4) is 0 Å². The van der Waals surface area contributed by atoms with Crippen LogP contribution in [0, 0.1) is 5.82 Å². The molecule has 0 saturated heterocycles. The zero-order valence-electron chi connectivity index (χ0n) is 14.2. The quantitative estimate of drug-likeness (QED) is 0.779. The molecule has 0 aliphatic rings. The van der Waals surface area contributed by atoms with Gasteiger partial charge in [-0.1, -0.05) is 18.2 Å². The van der Waals surface area contributed by atoms with Crippen LogP contribution in [0.1, 0.15) is 18.5 Å². The second kappa shape index (κ2) is 7.79. The average molecular weight is 381 g/mol. The van der Waals surface area contributed by atoms with Crippen LogP contribution in [0.25, 0.3) is 0 Å². The van der Waals surface area contributed by atoms with Crippen molar-refractivity contribution >= 4 is 38.7 Å². The fraction of sp³-hybridized carbons (Fsp3) is 0.235. The number of hydrogen-bond donors (Lipinski definition) is 2. The summed E-state index contributed by atoms with van der Waals surface area (Å²) in [6, 6.07) is 13.0. The van der Waals surface area contributed by atoms with Gasteiger partial charge in [-0.2, -0.15) is 0 Å². The predicted molar refractivity (Wildman–Crippen MR) is 104 cm³/mol. The minimum atomic E-state index is -3.33. The maximum absolute atomic E-state index is 13.0. The Morgan fingerprint density at radius 3 is 2.44 bits per heavy atom. The Bertz CT molecular complexity index is 854. The summed E-state index contributed by atoms with van der Waals surface area (Å²) < 4.78 is 37.4. The molecule has 0 aliphatic carbocycles. The van der Waals surface area contributed by atoms with E-state index in [0.29, 0.717) is 16.5 Å². The first-order chi connectivity index (χ1) is 11.7. The number of rotatable bonds is 5. The Morgan fingerprint density at radius 2 is 1.84 bits per heavy atom. The van der Waals surface area contributed by atoms with Crippen molar-refractivity contribution in [2.75, 3.05) is 22.9 Å². The number of thiocarbonyl (C=S) groups is 1. The number of hydrogen-bond acceptors (Lipinski definition) is 3. The topological polar surface area (TPSA) is 61.4 Å². The Balaban J connectivity index is 2.04. The van der Waals surface area contributed by atoms with Gasteiger partial charge in [0, 0.05) is 12.7 Å². The first kappa shape index (κ1) is 19.1. The smallest absolute Gasteiger partial charge is 0.231 e. The van der Waals surface area contributed by atoms with Crippen LogP contribution < -0.4 is 14.9 Å². The fourth-order valence-electron chi connectivity index (χ4n) is 2.17. The zero-order valence-corrected chi connectivity index (χ0v) is 15.8. The average Bonchev–Trinajstić information content (AvgIpc) is 2.54. The van der Waals surface area contributed by atoms with Gasteiger partial charge in [0.2, 0.25) is 10.0 Å². The Morgan fingerprint density at radius 1 is 1.20 bits per heavy atom. The van der Waals surface area contributed by atoms with E-state index in [2.05, 4.69) is 10.6 Å². The van der Waals surface area contributed by atoms with Crippen molar-refractivity contribution < 1.29 is 12.8 Å². The lowest BCUT2D eigenvalue weighted by Gasteiger charge is -2.19. The maximum Gasteiger partial charge on any atom is 0.231 e. The van der Waals surface area contributed by atoms with E-state index in [0.717, 1.165) is 11.8 Å². The maximum atomic E-state index is 13.0. The number of nitrogens with one attached hydrogen (secondary N) is 2. The van der Waals surface area contributed by atoms with Crippen molar-refractivity contribution in [1.82, 2.24) is 5.32 Å². The zero-order chi connectivity index (χ0) is 18.6. The molecule has 0 saturated carbocycles. The molecular weight excluding hydrogens is 361 g/mol. The van der Waals surface area contributed by atoms with E-state index in [9.17, 15) is 12.8 Å². The molecule has 5 nitrogen and oxygen atoms in total. The monoisotopic (exact) mass is 381 g/mol. The van der Waals surface area contributed by atoms with E-state index in [-0.39, 0.29) is 11.9 Å². The highest BCUT2D eigenvalue weighted by Gasteiger charge is 2.13. The molecular formula is C17H20FN3O2S2. The normalized spacial score (nSPS) is 12.3. The summed E-state index contributed by atoms with van der Waals surface area (Å²) in [6.45, 7) is 1.91. The number of sulfonamides is 1. The molecule has 0 radical (unpaired) electrons. The van der Waals surface area contributed by atoms with Crippen LogP contribution in [0.15, 0.2) is 48.5 Å². The van der Waals surface area contributed by atoms with E-state index in [4.69, 9.17) is 12.2 Å². The first-order valence-corrected chi connectivity index (χ1v) is 9.79. The van der Waals surface area contributed by atoms with Gasteiger partial charge in [-0.15, -0.1) is 0 Å². The summed E-state index contributed by atoms with van der Waals surface area (Å²) in [4.78, 5) is 0. The molecule has 0 amide bonds. The van der Waals surface area contributed by atoms with Gasteiger partial charge in [-0.05, 0) is 55.0 Å². The lowest BCUT2D eigenvalue weighted by molar-refractivity contribution is 0.600. The number of halogens is 1. The van der Waals surface area contributed by atoms with Crippen LogP contribution in [0.5, 0.6) is 0 Å². The number of benzene rings is 2. The van der Waals surface area contributed by atoms with Crippen molar-refractivity contribution in [1.29, 1.82) is 0 Å². The highest BCUT2D eigenvalue weighted by Crippen LogP contribution is 2.20. The first-order valence-electron chi connectivity index (χ1n) is 7.54. The molecule has 0 heterocycles. The number of anilines is 2. The van der Waals surface area contributed by atoms with E-state index >= 15 is 0 Å². The van der Waals surface area contributed by atoms with Crippen LogP contribution in [0.4, 0.5) is 15.8 Å². The van der Waals surface area contributed by atoms with Crippen LogP contribution in [-0.4, -0.2) is 26.8 Å². The van der Waals surface area contributed by atoms with Crippen LogP contribution in [-0.2, 0) is 10.0 Å². The van der Waals surface area contributed by atoms with Gasteiger partial charge >= 0.3 is 0 Å². The summed E-state index contributed by atoms with van der Waals surface area (Å²) >= 11 is 5.29. The van der Waals surface area contributed by atoms with Crippen molar-refractivity contribution in [3.8, 4) is 0 Å². The molecule has 0 fully saturated rings. The van der Waals surface area contributed by atoms with Crippen LogP contribution >= 0.6 is 12.2 Å². The van der Waals surface area contributed by atoms with Gasteiger partial charge in [-0.25, -0.2) is 12.8 Å². The Labute approximate surface area is 152 Å². The molecule has 0 aromatic heterocycles. The van der Waals surface area contributed by atoms with E-state index in [1.54, 1.807) is 36.4 Å². The molecule has 0 spiro atoms. The second-order valence-corrected chi connectivity index (χ2v) is 8.07. The molecule has 2 aromatic carbocycles. The number of nitrogens with zero attached hydrogens (tertiary/aromatic N) is 1. The van der Waals surface area contributed by atoms with Gasteiger partial charge in [0.15, 0.2) is 5.11 Å². The highest BCUT2D eigenvalue weighted by atomic mass is 32.2. The standard InChI is InChI=1S/C17H20FN3O2S2/c1-12(13-7-9-14(18)10-8-13)19-17(24)20-15-5-4-6-16(11-15)21(2)25(3,22)23/h4-12H,1-3H3,(H2,19,20,24)/t12-/m0/s1. The highest BCUT2D eigenvalue weighted by molar-refractivity contribution is 7.92. The molecule has 2 aromatic rings. The second-order valence-electron chi connectivity index (χ2n) is 5.65. The van der Waals surface area contributed by atoms with Crippen LogP contribution in [0.2, 0.25) is 0 Å². The molecule has 2 rings (SSSR count). The molecule has 2 N–H and O–H groups in total. The molecule has 0 bridgehead atoms. The minimum Gasteiger partial charge on any atom is -0.356 e. The van der Waals surface area contributed by atoms with Gasteiger partial charge in [0.05, 0.1) is 18.0 Å². The Kier molecular flexibility index (Phi) is 5.97. The van der Waals surface area contributed by atoms with Gasteiger partial charge < -0.3 is 10.6 Å². The summed E-state index contributed by atoms with van der Waals surface area (Å²) in [7, 11) is -1.85. The van der Waals surface area contributed by atoms with E-state index in [1.165, 1.54) is 23.5 Å². The molecule has 0 unspecified atom stereocenters. The predicted octanol–water partition coefficient (Wildman–Crippen LogP) is 3.27. The SMILES string of the molecule is C[C@H](NC(=S)Nc1cccc(N(C)S(C)(=O)=O)c1)c1ccc(F)cc1. The third-order valence-electron chi connectivity index (χ3n) is 3.68. The summed E-state index contributed by atoms with van der Waals surface area (Å²) in [5.74, 6) is -0.288. The summed E-state index contributed by atoms with van der Waals surface area (Å²) in [6.07, 6.45) is 1.14. The van der Waals surface area contributed by atoms with E-state index in [1.807, 2.05) is 6.92 Å². The molecule has 8 heteroatoms. The van der Waals surface area contributed by atoms with Crippen molar-refractivity contribution in [2.45, 2.75) is 13.0 Å². The lowest BCUT2D eigenvalue weighted by atomic mass is 10.1. The minimum absolute atomic E-state index is 0.109. The van der Waals surface area contributed by atoms with Crippen molar-refractivity contribution in [3.05, 3.63) is 59.9 Å². The third kappa shape index (κ3) is 5.40. The molecule has 0 aliphatic heterocycles. The third-order valence-corrected chi connectivity index (χ3v) is 5.11. The summed E-state index contributed by atoms with van der Waals surface area (Å²) in [5, 5.41) is 6.52. The Hall–Kier alpha value is -2.19. The summed E-state index contributed by atoms with van der Waals surface area (Å²) in [5.41, 5.74) is 2.09. The van der Waals surface area contributed by atoms with E-state index < -0.39 is 10.0 Å². The van der Waals surface area contributed by atoms with Crippen molar-refractivity contribution in [2.24, 2.45) is 0 Å². The lowest BCUT2D eigenvalue weighted by Crippen LogP contribution is -2.31. The molecule has 25 heavy (non-hydrogen) atoms. The van der Waals surface area contributed by atoms with Gasteiger partial charge in [0.1, 0.15) is 5.82 Å².